The average molecular weight is 120 g/mol. The SMILES string of the molecule is C[S+](N)C(C)(C)C. The third-order valence-electron chi connectivity index (χ3n) is 0.966. The molecular weight excluding hydrogens is 106 g/mol. The van der Waals surface area contributed by atoms with Crippen LogP contribution in [0.25, 0.3) is 0 Å². The van der Waals surface area contributed by atoms with Gasteiger partial charge in [-0.25, -0.2) is 0 Å². The van der Waals surface area contributed by atoms with Crippen LogP contribution < -0.4 is 5.14 Å². The summed E-state index contributed by atoms with van der Waals surface area (Å²) in [5.74, 6) is 0. The van der Waals surface area contributed by atoms with E-state index in [1.165, 1.54) is 0 Å². The van der Waals surface area contributed by atoms with Crippen LogP contribution in [0.15, 0.2) is 0 Å². The molecule has 2 heteroatoms. The van der Waals surface area contributed by atoms with Crippen LogP contribution in [0.3, 0.4) is 0 Å². The summed E-state index contributed by atoms with van der Waals surface area (Å²) >= 11 is 0.0671. The molecule has 1 atom stereocenters. The molecule has 0 saturated heterocycles. The predicted molar refractivity (Wildman–Crippen MR) is 37.2 cm³/mol. The molecule has 1 unspecified atom stereocenters. The number of hydrogen-bond acceptors (Lipinski definition) is 1. The monoisotopic (exact) mass is 120 g/mol. The summed E-state index contributed by atoms with van der Waals surface area (Å²) in [6.45, 7) is 6.45. The first-order valence-electron chi connectivity index (χ1n) is 2.35. The zero-order valence-corrected chi connectivity index (χ0v) is 6.30. The molecule has 2 N–H and O–H groups in total. The Hall–Kier alpha value is 0.310. The summed E-state index contributed by atoms with van der Waals surface area (Å²) in [6, 6.07) is 0. The predicted octanol–water partition coefficient (Wildman–Crippen LogP) is 0.907. The molecule has 44 valence electrons. The molecule has 0 fully saturated rings. The van der Waals surface area contributed by atoms with Gasteiger partial charge in [-0.05, 0) is 20.8 Å². The lowest BCUT2D eigenvalue weighted by atomic mass is 10.3. The zero-order chi connectivity index (χ0) is 6.08. The van der Waals surface area contributed by atoms with E-state index in [-0.39, 0.29) is 11.1 Å². The van der Waals surface area contributed by atoms with Crippen molar-refractivity contribution >= 4 is 11.1 Å². The molecule has 0 spiro atoms. The van der Waals surface area contributed by atoms with Gasteiger partial charge < -0.3 is 0 Å². The molecule has 0 radical (unpaired) electrons. The van der Waals surface area contributed by atoms with Crippen molar-refractivity contribution in [3.05, 3.63) is 0 Å². The molecule has 0 aromatic heterocycles. The highest BCUT2D eigenvalue weighted by Gasteiger charge is 2.25. The van der Waals surface area contributed by atoms with Gasteiger partial charge in [-0.15, -0.1) is 0 Å². The molecule has 0 aliphatic rings. The van der Waals surface area contributed by atoms with Gasteiger partial charge in [0.05, 0.1) is 11.1 Å². The number of rotatable bonds is 0. The molecule has 0 heterocycles. The first kappa shape index (κ1) is 7.31. The Morgan fingerprint density at radius 2 is 1.43 bits per heavy atom. The number of nitrogens with two attached hydrogens (primary N) is 1. The van der Waals surface area contributed by atoms with Crippen LogP contribution in [0, 0.1) is 0 Å². The Kier molecular flexibility index (Phi) is 2.14. The number of hydrogen-bond donors (Lipinski definition) is 1. The first-order valence-corrected chi connectivity index (χ1v) is 4.04. The van der Waals surface area contributed by atoms with Gasteiger partial charge in [0.2, 0.25) is 0 Å². The van der Waals surface area contributed by atoms with Gasteiger partial charge in [0, 0.05) is 0 Å². The third kappa shape index (κ3) is 2.94. The van der Waals surface area contributed by atoms with E-state index in [9.17, 15) is 0 Å². The fraction of sp³-hybridized carbons (Fsp3) is 1.00. The first-order chi connectivity index (χ1) is 2.94. The average Bonchev–Trinajstić information content (AvgIpc) is 1.31. The maximum absolute atomic E-state index is 5.60. The van der Waals surface area contributed by atoms with Crippen molar-refractivity contribution in [2.24, 2.45) is 5.14 Å². The molecule has 0 aromatic carbocycles. The van der Waals surface area contributed by atoms with Crippen LogP contribution in [0.1, 0.15) is 20.8 Å². The van der Waals surface area contributed by atoms with E-state index in [0.717, 1.165) is 0 Å². The van der Waals surface area contributed by atoms with E-state index in [4.69, 9.17) is 5.14 Å². The second-order valence-corrected chi connectivity index (χ2v) is 5.01. The Morgan fingerprint density at radius 3 is 1.43 bits per heavy atom. The zero-order valence-electron chi connectivity index (χ0n) is 5.49. The summed E-state index contributed by atoms with van der Waals surface area (Å²) in [6.07, 6.45) is 2.06. The molecule has 0 rings (SSSR count). The second kappa shape index (κ2) is 2.05. The summed E-state index contributed by atoms with van der Waals surface area (Å²) < 4.78 is 0.306. The molecule has 0 amide bonds. The van der Waals surface area contributed by atoms with Gasteiger partial charge in [-0.1, -0.05) is 0 Å². The molecule has 1 nitrogen and oxygen atoms in total. The molecule has 0 saturated carbocycles. The van der Waals surface area contributed by atoms with Crippen LogP contribution >= 0.6 is 0 Å². The summed E-state index contributed by atoms with van der Waals surface area (Å²) in [7, 11) is 0. The Labute approximate surface area is 48.8 Å². The van der Waals surface area contributed by atoms with Gasteiger partial charge in [0.1, 0.15) is 11.0 Å². The molecule has 0 bridgehead atoms. The maximum atomic E-state index is 5.60. The lowest BCUT2D eigenvalue weighted by molar-refractivity contribution is 0.793. The van der Waals surface area contributed by atoms with Crippen LogP contribution in [0.4, 0.5) is 0 Å². The van der Waals surface area contributed by atoms with Gasteiger partial charge >= 0.3 is 0 Å². The minimum Gasteiger partial charge on any atom is -0.151 e. The van der Waals surface area contributed by atoms with Gasteiger partial charge in [0.15, 0.2) is 0 Å². The van der Waals surface area contributed by atoms with Crippen molar-refractivity contribution in [2.45, 2.75) is 25.5 Å². The quantitative estimate of drug-likeness (QED) is 0.472. The van der Waals surface area contributed by atoms with Gasteiger partial charge in [0.25, 0.3) is 0 Å². The van der Waals surface area contributed by atoms with Crippen molar-refractivity contribution in [1.29, 1.82) is 0 Å². The van der Waals surface area contributed by atoms with E-state index in [1.807, 2.05) is 0 Å². The van der Waals surface area contributed by atoms with Crippen LogP contribution in [-0.4, -0.2) is 11.0 Å². The summed E-state index contributed by atoms with van der Waals surface area (Å²) in [5, 5.41) is 5.60. The van der Waals surface area contributed by atoms with Gasteiger partial charge in [-0.2, -0.15) is 5.14 Å². The summed E-state index contributed by atoms with van der Waals surface area (Å²) in [5.41, 5.74) is 0. The van der Waals surface area contributed by atoms with Crippen molar-refractivity contribution in [2.75, 3.05) is 6.26 Å². The lowest BCUT2D eigenvalue weighted by Gasteiger charge is -2.11. The van der Waals surface area contributed by atoms with E-state index < -0.39 is 0 Å². The molecule has 0 aliphatic heterocycles. The van der Waals surface area contributed by atoms with E-state index in [2.05, 4.69) is 27.0 Å². The highest BCUT2D eigenvalue weighted by Crippen LogP contribution is 2.09. The van der Waals surface area contributed by atoms with Crippen LogP contribution in [-0.2, 0) is 11.1 Å². The Balaban J connectivity index is 3.54. The smallest absolute Gasteiger partial charge is 0.138 e. The standard InChI is InChI=1S/C5H14NS/c1-5(2,3)7(4)6/h6H2,1-4H3/q+1. The topological polar surface area (TPSA) is 26.0 Å². The largest absolute Gasteiger partial charge is 0.151 e. The maximum Gasteiger partial charge on any atom is 0.138 e. The Morgan fingerprint density at radius 1 is 1.29 bits per heavy atom. The van der Waals surface area contributed by atoms with Crippen LogP contribution in [0.2, 0.25) is 0 Å². The minimum atomic E-state index is 0.0671. The third-order valence-corrected chi connectivity index (χ3v) is 2.90. The van der Waals surface area contributed by atoms with Crippen LogP contribution in [0.5, 0.6) is 0 Å². The van der Waals surface area contributed by atoms with Gasteiger partial charge in [-0.3, -0.25) is 0 Å². The summed E-state index contributed by atoms with van der Waals surface area (Å²) in [4.78, 5) is 0. The van der Waals surface area contributed by atoms with E-state index >= 15 is 0 Å². The fourth-order valence-corrected chi connectivity index (χ4v) is 0. The van der Waals surface area contributed by atoms with Crippen molar-refractivity contribution < 1.29 is 0 Å². The minimum absolute atomic E-state index is 0.0671. The second-order valence-electron chi connectivity index (χ2n) is 2.67. The fourth-order valence-electron chi connectivity index (χ4n) is 0. The highest BCUT2D eigenvalue weighted by atomic mass is 32.2. The normalized spacial score (nSPS) is 16.7. The van der Waals surface area contributed by atoms with E-state index in [1.54, 1.807) is 0 Å². The molecular formula is C5H14NS+. The van der Waals surface area contributed by atoms with E-state index in [0.29, 0.717) is 4.75 Å². The van der Waals surface area contributed by atoms with Crippen molar-refractivity contribution in [3.63, 3.8) is 0 Å². The Bertz CT molecular complexity index is 53.6. The molecule has 7 heavy (non-hydrogen) atoms. The van der Waals surface area contributed by atoms with Crippen molar-refractivity contribution in [1.82, 2.24) is 0 Å². The molecule has 0 aromatic rings. The highest BCUT2D eigenvalue weighted by molar-refractivity contribution is 7.95. The molecule has 0 aliphatic carbocycles. The van der Waals surface area contributed by atoms with Crippen molar-refractivity contribution in [3.8, 4) is 0 Å². The lowest BCUT2D eigenvalue weighted by Crippen LogP contribution is -2.33.